The van der Waals surface area contributed by atoms with Gasteiger partial charge in [-0.05, 0) is 30.4 Å². The number of hydrogen-bond acceptors (Lipinski definition) is 4. The molecule has 198 valence electrons. The zero-order valence-corrected chi connectivity index (χ0v) is 22.4. The van der Waals surface area contributed by atoms with Crippen LogP contribution in [0.4, 0.5) is 4.39 Å². The Morgan fingerprint density at radius 2 is 1.35 bits per heavy atom. The topological polar surface area (TPSA) is 44.2 Å². The normalized spacial score (nSPS) is 17.7. The first-order valence-corrected chi connectivity index (χ1v) is 14.1. The third kappa shape index (κ3) is 7.93. The molecule has 4 rings (SSSR count). The summed E-state index contributed by atoms with van der Waals surface area (Å²) in [7, 11) is 0. The lowest BCUT2D eigenvalue weighted by molar-refractivity contribution is -0.206. The summed E-state index contributed by atoms with van der Waals surface area (Å²) in [5.41, 5.74) is 4.65. The van der Waals surface area contributed by atoms with Crippen molar-refractivity contribution in [3.05, 3.63) is 71.8 Å². The van der Waals surface area contributed by atoms with E-state index in [-0.39, 0.29) is 6.29 Å². The molecule has 0 bridgehead atoms. The Balaban J connectivity index is 1.31. The van der Waals surface area contributed by atoms with Crippen molar-refractivity contribution in [1.82, 2.24) is 9.97 Å². The van der Waals surface area contributed by atoms with Gasteiger partial charge in [0.15, 0.2) is 12.1 Å². The molecule has 0 atom stereocenters. The van der Waals surface area contributed by atoms with Crippen molar-refractivity contribution < 1.29 is 13.9 Å². The fourth-order valence-corrected chi connectivity index (χ4v) is 4.84. The summed E-state index contributed by atoms with van der Waals surface area (Å²) >= 11 is 0. The van der Waals surface area contributed by atoms with Crippen LogP contribution < -0.4 is 0 Å². The molecule has 3 aromatic rings. The van der Waals surface area contributed by atoms with Gasteiger partial charge >= 0.3 is 0 Å². The number of rotatable bonds is 13. The fourth-order valence-electron chi connectivity index (χ4n) is 4.84. The van der Waals surface area contributed by atoms with Crippen molar-refractivity contribution in [3.8, 4) is 22.5 Å². The monoisotopic (exact) mass is 504 g/mol. The maximum absolute atomic E-state index is 14.6. The highest BCUT2D eigenvalue weighted by molar-refractivity contribution is 5.67. The summed E-state index contributed by atoms with van der Waals surface area (Å²) in [6.07, 6.45) is 12.7. The van der Waals surface area contributed by atoms with Crippen LogP contribution >= 0.6 is 0 Å². The Hall–Kier alpha value is -2.63. The van der Waals surface area contributed by atoms with Crippen LogP contribution in [0.5, 0.6) is 0 Å². The van der Waals surface area contributed by atoms with Gasteiger partial charge in [-0.25, -0.2) is 4.98 Å². The molecule has 37 heavy (non-hydrogen) atoms. The maximum atomic E-state index is 14.6. The molecule has 1 aromatic heterocycles. The molecule has 0 radical (unpaired) electrons. The van der Waals surface area contributed by atoms with E-state index in [1.54, 1.807) is 6.20 Å². The Kier molecular flexibility index (Phi) is 10.6. The molecule has 0 N–H and O–H groups in total. The fraction of sp³-hybridized carbons (Fsp3) is 0.500. The molecule has 0 spiro atoms. The summed E-state index contributed by atoms with van der Waals surface area (Å²) in [6, 6.07) is 16.3. The number of hydrogen-bond donors (Lipinski definition) is 0. The van der Waals surface area contributed by atoms with Crippen LogP contribution in [0.2, 0.25) is 0 Å². The molecule has 2 aromatic carbocycles. The van der Waals surface area contributed by atoms with Gasteiger partial charge in [-0.1, -0.05) is 107 Å². The van der Waals surface area contributed by atoms with Crippen molar-refractivity contribution in [2.75, 3.05) is 13.2 Å². The SMILES string of the molecule is CCCCCCCc1cnc(-c2ccc(-c3ccc(C4OCC(CCCCC)CO4)cc3)cc2)nc1F. The Morgan fingerprint density at radius 1 is 0.757 bits per heavy atom. The van der Waals surface area contributed by atoms with E-state index in [1.165, 1.54) is 44.9 Å². The minimum absolute atomic E-state index is 0.287. The minimum atomic E-state index is -0.403. The molecule has 5 heteroatoms. The highest BCUT2D eigenvalue weighted by atomic mass is 19.1. The van der Waals surface area contributed by atoms with Crippen molar-refractivity contribution in [2.45, 2.75) is 84.3 Å². The molecule has 0 amide bonds. The van der Waals surface area contributed by atoms with Crippen LogP contribution in [-0.2, 0) is 15.9 Å². The second-order valence-corrected chi connectivity index (χ2v) is 10.2. The second-order valence-electron chi connectivity index (χ2n) is 10.2. The Labute approximate surface area is 221 Å². The standard InChI is InChI=1S/C32H41FN2O2/c1-3-5-7-8-10-12-29-21-34-31(35-30(29)33)27-17-13-25(14-18-27)26-15-19-28(20-16-26)32-36-22-24(23-37-32)11-9-6-4-2/h13-21,24,32H,3-12,22-23H2,1-2H3. The molecule has 0 saturated carbocycles. The smallest absolute Gasteiger partial charge is 0.219 e. The molecule has 0 aliphatic carbocycles. The molecule has 1 saturated heterocycles. The summed E-state index contributed by atoms with van der Waals surface area (Å²) in [5.74, 6) is 0.526. The van der Waals surface area contributed by atoms with Crippen molar-refractivity contribution >= 4 is 0 Å². The van der Waals surface area contributed by atoms with Crippen LogP contribution in [0, 0.1) is 11.9 Å². The van der Waals surface area contributed by atoms with Gasteiger partial charge in [-0.2, -0.15) is 9.37 Å². The van der Waals surface area contributed by atoms with E-state index in [2.05, 4.69) is 48.1 Å². The number of aryl methyl sites for hydroxylation is 1. The van der Waals surface area contributed by atoms with Gasteiger partial charge in [-0.3, -0.25) is 0 Å². The number of aromatic nitrogens is 2. The van der Waals surface area contributed by atoms with Gasteiger partial charge in [0.2, 0.25) is 5.95 Å². The van der Waals surface area contributed by atoms with Gasteiger partial charge in [0.05, 0.1) is 13.2 Å². The first-order valence-electron chi connectivity index (χ1n) is 14.1. The predicted molar refractivity (Wildman–Crippen MR) is 148 cm³/mol. The molecular formula is C32H41FN2O2. The molecule has 4 nitrogen and oxygen atoms in total. The van der Waals surface area contributed by atoms with Crippen molar-refractivity contribution in [2.24, 2.45) is 5.92 Å². The first kappa shape index (κ1) is 27.4. The number of halogens is 1. The average molecular weight is 505 g/mol. The number of unbranched alkanes of at least 4 members (excludes halogenated alkanes) is 6. The summed E-state index contributed by atoms with van der Waals surface area (Å²) in [5, 5.41) is 0. The summed E-state index contributed by atoms with van der Waals surface area (Å²) in [4.78, 5) is 8.58. The molecule has 1 aliphatic heterocycles. The lowest BCUT2D eigenvalue weighted by Crippen LogP contribution is -2.27. The zero-order chi connectivity index (χ0) is 25.9. The largest absolute Gasteiger partial charge is 0.348 e. The van der Waals surface area contributed by atoms with Crippen LogP contribution in [0.3, 0.4) is 0 Å². The van der Waals surface area contributed by atoms with Crippen LogP contribution in [0.1, 0.15) is 89.1 Å². The third-order valence-corrected chi connectivity index (χ3v) is 7.20. The number of benzene rings is 2. The van der Waals surface area contributed by atoms with Gasteiger partial charge in [-0.15, -0.1) is 0 Å². The van der Waals surface area contributed by atoms with Gasteiger partial charge in [0.25, 0.3) is 0 Å². The van der Waals surface area contributed by atoms with Gasteiger partial charge in [0.1, 0.15) is 0 Å². The molecule has 2 heterocycles. The first-order chi connectivity index (χ1) is 18.2. The lowest BCUT2D eigenvalue weighted by Gasteiger charge is -2.29. The number of nitrogens with zero attached hydrogens (tertiary/aromatic N) is 2. The van der Waals surface area contributed by atoms with E-state index in [9.17, 15) is 4.39 Å². The van der Waals surface area contributed by atoms with E-state index in [0.29, 0.717) is 23.7 Å². The Bertz CT molecular complexity index is 1080. The van der Waals surface area contributed by atoms with E-state index < -0.39 is 5.95 Å². The van der Waals surface area contributed by atoms with Crippen molar-refractivity contribution in [3.63, 3.8) is 0 Å². The quantitative estimate of drug-likeness (QED) is 0.172. The van der Waals surface area contributed by atoms with E-state index in [4.69, 9.17) is 9.47 Å². The predicted octanol–water partition coefficient (Wildman–Crippen LogP) is 8.70. The van der Waals surface area contributed by atoms with Crippen LogP contribution in [0.25, 0.3) is 22.5 Å². The summed E-state index contributed by atoms with van der Waals surface area (Å²) < 4.78 is 26.6. The minimum Gasteiger partial charge on any atom is -0.348 e. The van der Waals surface area contributed by atoms with Crippen LogP contribution in [-0.4, -0.2) is 23.2 Å². The number of ether oxygens (including phenoxy) is 2. The molecular weight excluding hydrogens is 463 g/mol. The molecule has 1 aliphatic rings. The summed E-state index contributed by atoms with van der Waals surface area (Å²) in [6.45, 7) is 5.95. The van der Waals surface area contributed by atoms with E-state index in [1.807, 2.05) is 24.3 Å². The zero-order valence-electron chi connectivity index (χ0n) is 22.4. The van der Waals surface area contributed by atoms with Crippen molar-refractivity contribution in [1.29, 1.82) is 0 Å². The van der Waals surface area contributed by atoms with Gasteiger partial charge < -0.3 is 9.47 Å². The highest BCUT2D eigenvalue weighted by Crippen LogP contribution is 2.30. The van der Waals surface area contributed by atoms with Crippen LogP contribution in [0.15, 0.2) is 54.7 Å². The third-order valence-electron chi connectivity index (χ3n) is 7.20. The molecule has 0 unspecified atom stereocenters. The highest BCUT2D eigenvalue weighted by Gasteiger charge is 2.23. The van der Waals surface area contributed by atoms with E-state index in [0.717, 1.165) is 48.3 Å². The van der Waals surface area contributed by atoms with Gasteiger partial charge in [0, 0.05) is 28.8 Å². The lowest BCUT2D eigenvalue weighted by atomic mass is 10.0. The average Bonchev–Trinajstić information content (AvgIpc) is 2.94. The molecule has 1 fully saturated rings. The second kappa shape index (κ2) is 14.3. The Morgan fingerprint density at radius 3 is 2.00 bits per heavy atom. The maximum Gasteiger partial charge on any atom is 0.219 e. The van der Waals surface area contributed by atoms with E-state index >= 15 is 0 Å².